The zero-order valence-electron chi connectivity index (χ0n) is 15.2. The summed E-state index contributed by atoms with van der Waals surface area (Å²) in [5.74, 6) is -0.869. The van der Waals surface area contributed by atoms with Crippen LogP contribution >= 0.6 is 0 Å². The van der Waals surface area contributed by atoms with Crippen molar-refractivity contribution in [1.82, 2.24) is 0 Å². The van der Waals surface area contributed by atoms with Crippen LogP contribution in [0, 0.1) is 0 Å². The van der Waals surface area contributed by atoms with Gasteiger partial charge in [0.25, 0.3) is 0 Å². The number of rotatable bonds is 3. The fourth-order valence-corrected chi connectivity index (χ4v) is 2.64. The lowest BCUT2D eigenvalue weighted by atomic mass is 10.1. The first-order valence-electron chi connectivity index (χ1n) is 8.60. The molecule has 1 amide bonds. The molecule has 1 heterocycles. The van der Waals surface area contributed by atoms with E-state index in [1.807, 2.05) is 12.1 Å². The molecular formula is C19H23F3N4O2. The van der Waals surface area contributed by atoms with Crippen molar-refractivity contribution in [3.63, 3.8) is 0 Å². The Hall–Kier alpha value is -2.78. The van der Waals surface area contributed by atoms with E-state index in [0.29, 0.717) is 6.54 Å². The molecule has 0 saturated carbocycles. The number of hydrogen-bond donors (Lipinski definition) is 3. The molecular weight excluding hydrogens is 373 g/mol. The summed E-state index contributed by atoms with van der Waals surface area (Å²) in [6.07, 6.45) is -4.44. The van der Waals surface area contributed by atoms with E-state index >= 15 is 0 Å². The first-order chi connectivity index (χ1) is 13.2. The molecule has 2 aromatic carbocycles. The van der Waals surface area contributed by atoms with Crippen molar-refractivity contribution >= 4 is 17.3 Å². The molecule has 6 N–H and O–H groups in total. The number of ether oxygens (including phenoxy) is 1. The van der Waals surface area contributed by atoms with E-state index in [9.17, 15) is 18.0 Å². The molecule has 1 aliphatic heterocycles. The minimum atomic E-state index is -4.44. The van der Waals surface area contributed by atoms with Crippen molar-refractivity contribution in [1.29, 1.82) is 0 Å². The van der Waals surface area contributed by atoms with Gasteiger partial charge in [0.05, 0.1) is 18.8 Å². The van der Waals surface area contributed by atoms with Crippen LogP contribution in [0.4, 0.5) is 24.5 Å². The van der Waals surface area contributed by atoms with Crippen molar-refractivity contribution in [2.45, 2.75) is 12.7 Å². The molecule has 0 aliphatic carbocycles. The average molecular weight is 396 g/mol. The molecule has 28 heavy (non-hydrogen) atoms. The van der Waals surface area contributed by atoms with E-state index in [2.05, 4.69) is 11.0 Å². The molecule has 0 radical (unpaired) electrons. The Labute approximate surface area is 161 Å². The van der Waals surface area contributed by atoms with Crippen molar-refractivity contribution in [3.8, 4) is 0 Å². The second-order valence-corrected chi connectivity index (χ2v) is 6.13. The lowest BCUT2D eigenvalue weighted by Crippen LogP contribution is -2.36. The SMILES string of the molecule is NC(=O)c1cccc(C(F)(F)F)c1.NCc1ccc(N2CCOCC2)cc1N. The number of amides is 1. The topological polar surface area (TPSA) is 108 Å². The number of alkyl halides is 3. The Morgan fingerprint density at radius 1 is 1.11 bits per heavy atom. The maximum absolute atomic E-state index is 12.1. The number of morpholine rings is 1. The van der Waals surface area contributed by atoms with Gasteiger partial charge in [0.15, 0.2) is 0 Å². The van der Waals surface area contributed by atoms with Gasteiger partial charge in [0.2, 0.25) is 5.91 Å². The summed E-state index contributed by atoms with van der Waals surface area (Å²) in [7, 11) is 0. The smallest absolute Gasteiger partial charge is 0.398 e. The Morgan fingerprint density at radius 2 is 1.79 bits per heavy atom. The molecule has 6 nitrogen and oxygen atoms in total. The van der Waals surface area contributed by atoms with Crippen LogP contribution in [0.1, 0.15) is 21.5 Å². The van der Waals surface area contributed by atoms with Gasteiger partial charge in [0, 0.05) is 36.6 Å². The number of nitrogens with zero attached hydrogens (tertiary/aromatic N) is 1. The van der Waals surface area contributed by atoms with Gasteiger partial charge in [-0.05, 0) is 35.9 Å². The van der Waals surface area contributed by atoms with Crippen molar-refractivity contribution in [2.75, 3.05) is 36.9 Å². The molecule has 152 valence electrons. The third kappa shape index (κ3) is 5.86. The Morgan fingerprint density at radius 3 is 2.32 bits per heavy atom. The van der Waals surface area contributed by atoms with Crippen molar-refractivity contribution < 1.29 is 22.7 Å². The van der Waals surface area contributed by atoms with Crippen LogP contribution in [-0.2, 0) is 17.5 Å². The fourth-order valence-electron chi connectivity index (χ4n) is 2.64. The number of primary amides is 1. The molecule has 1 aliphatic rings. The molecule has 9 heteroatoms. The summed E-state index contributed by atoms with van der Waals surface area (Å²) < 4.78 is 41.5. The van der Waals surface area contributed by atoms with Crippen LogP contribution in [0.5, 0.6) is 0 Å². The average Bonchev–Trinajstić information content (AvgIpc) is 2.68. The van der Waals surface area contributed by atoms with E-state index < -0.39 is 17.6 Å². The van der Waals surface area contributed by atoms with Gasteiger partial charge in [-0.15, -0.1) is 0 Å². The molecule has 1 saturated heterocycles. The maximum Gasteiger partial charge on any atom is 0.416 e. The van der Waals surface area contributed by atoms with Crippen LogP contribution in [-0.4, -0.2) is 32.2 Å². The van der Waals surface area contributed by atoms with Gasteiger partial charge in [-0.25, -0.2) is 0 Å². The fraction of sp³-hybridized carbons (Fsp3) is 0.316. The van der Waals surface area contributed by atoms with Gasteiger partial charge in [-0.3, -0.25) is 4.79 Å². The summed E-state index contributed by atoms with van der Waals surface area (Å²) in [6.45, 7) is 3.94. The van der Waals surface area contributed by atoms with E-state index in [4.69, 9.17) is 21.9 Å². The number of benzene rings is 2. The summed E-state index contributed by atoms with van der Waals surface area (Å²) in [4.78, 5) is 12.8. The van der Waals surface area contributed by atoms with E-state index in [1.54, 1.807) is 0 Å². The number of anilines is 2. The predicted octanol–water partition coefficient (Wildman–Crippen LogP) is 2.37. The Kier molecular flexibility index (Phi) is 7.24. The van der Waals surface area contributed by atoms with Crippen molar-refractivity contribution in [2.24, 2.45) is 11.5 Å². The first-order valence-corrected chi connectivity index (χ1v) is 8.60. The largest absolute Gasteiger partial charge is 0.416 e. The highest BCUT2D eigenvalue weighted by atomic mass is 19.4. The number of carbonyl (C=O) groups excluding carboxylic acids is 1. The van der Waals surface area contributed by atoms with E-state index in [-0.39, 0.29) is 5.56 Å². The molecule has 0 bridgehead atoms. The van der Waals surface area contributed by atoms with Gasteiger partial charge in [-0.1, -0.05) is 12.1 Å². The highest BCUT2D eigenvalue weighted by molar-refractivity contribution is 5.92. The van der Waals surface area contributed by atoms with E-state index in [1.165, 1.54) is 6.07 Å². The van der Waals surface area contributed by atoms with Crippen molar-refractivity contribution in [3.05, 3.63) is 59.2 Å². The van der Waals surface area contributed by atoms with E-state index in [0.717, 1.165) is 61.4 Å². The first kappa shape index (κ1) is 21.5. The van der Waals surface area contributed by atoms with Gasteiger partial charge in [-0.2, -0.15) is 13.2 Å². The predicted molar refractivity (Wildman–Crippen MR) is 102 cm³/mol. The molecule has 2 aromatic rings. The Bertz CT molecular complexity index is 806. The van der Waals surface area contributed by atoms with Gasteiger partial charge < -0.3 is 26.8 Å². The van der Waals surface area contributed by atoms with Crippen LogP contribution in [0.25, 0.3) is 0 Å². The van der Waals surface area contributed by atoms with Crippen LogP contribution < -0.4 is 22.1 Å². The summed E-state index contributed by atoms with van der Waals surface area (Å²) in [5.41, 5.74) is 18.2. The number of nitrogens with two attached hydrogens (primary N) is 3. The molecule has 0 aromatic heterocycles. The maximum atomic E-state index is 12.1. The number of halogens is 3. The zero-order chi connectivity index (χ0) is 20.7. The number of hydrogen-bond acceptors (Lipinski definition) is 5. The van der Waals surface area contributed by atoms with Gasteiger partial charge >= 0.3 is 6.18 Å². The molecule has 1 fully saturated rings. The molecule has 0 atom stereocenters. The monoisotopic (exact) mass is 396 g/mol. The minimum Gasteiger partial charge on any atom is -0.398 e. The van der Waals surface area contributed by atoms with Crippen LogP contribution in [0.15, 0.2) is 42.5 Å². The van der Waals surface area contributed by atoms with Crippen LogP contribution in [0.2, 0.25) is 0 Å². The standard InChI is InChI=1S/C11H17N3O.C8H6F3NO/c12-8-9-1-2-10(7-11(9)13)14-3-5-15-6-4-14;9-8(10,11)6-3-1-2-5(4-6)7(12)13/h1-2,7H,3-6,8,12-13H2;1-4H,(H2,12,13). The second-order valence-electron chi connectivity index (χ2n) is 6.13. The lowest BCUT2D eigenvalue weighted by Gasteiger charge is -2.29. The Balaban J connectivity index is 0.000000203. The van der Waals surface area contributed by atoms with Gasteiger partial charge in [0.1, 0.15) is 0 Å². The highest BCUT2D eigenvalue weighted by Gasteiger charge is 2.30. The zero-order valence-corrected chi connectivity index (χ0v) is 15.2. The third-order valence-electron chi connectivity index (χ3n) is 4.20. The number of carbonyl (C=O) groups is 1. The highest BCUT2D eigenvalue weighted by Crippen LogP contribution is 2.29. The molecule has 3 rings (SSSR count). The molecule has 0 spiro atoms. The van der Waals surface area contributed by atoms with Crippen LogP contribution in [0.3, 0.4) is 0 Å². The second kappa shape index (κ2) is 9.43. The lowest BCUT2D eigenvalue weighted by molar-refractivity contribution is -0.137. The summed E-state index contributed by atoms with van der Waals surface area (Å²) in [5, 5.41) is 0. The molecule has 0 unspecified atom stereocenters. The number of nitrogen functional groups attached to an aromatic ring is 1. The normalized spacial score (nSPS) is 14.2. The quantitative estimate of drug-likeness (QED) is 0.691. The summed E-state index contributed by atoms with van der Waals surface area (Å²) >= 11 is 0. The third-order valence-corrected chi connectivity index (χ3v) is 4.20. The summed E-state index contributed by atoms with van der Waals surface area (Å²) in [6, 6.07) is 10.0. The minimum absolute atomic E-state index is 0.144.